The molecule has 0 aromatic heterocycles. The van der Waals surface area contributed by atoms with Crippen LogP contribution < -0.4 is 16.4 Å². The van der Waals surface area contributed by atoms with Crippen molar-refractivity contribution in [1.29, 1.82) is 0 Å². The van der Waals surface area contributed by atoms with Crippen molar-refractivity contribution >= 4 is 28.9 Å². The van der Waals surface area contributed by atoms with Gasteiger partial charge in [0.15, 0.2) is 0 Å². The van der Waals surface area contributed by atoms with Crippen molar-refractivity contribution in [2.75, 3.05) is 17.7 Å². The summed E-state index contributed by atoms with van der Waals surface area (Å²) in [6.07, 6.45) is 0.623. The van der Waals surface area contributed by atoms with Gasteiger partial charge in [-0.2, -0.15) is 0 Å². The molecule has 0 aliphatic carbocycles. The van der Waals surface area contributed by atoms with Gasteiger partial charge in [-0.05, 0) is 24.6 Å². The molecule has 0 heterocycles. The SMILES string of the molecule is CCC(C(N)=O)N(C)c1cc(Cl)ccc1N. The summed E-state index contributed by atoms with van der Waals surface area (Å²) in [7, 11) is 1.78. The Morgan fingerprint density at radius 1 is 1.56 bits per heavy atom. The van der Waals surface area contributed by atoms with Crippen LogP contribution in [-0.2, 0) is 4.79 Å². The van der Waals surface area contributed by atoms with E-state index in [4.69, 9.17) is 23.1 Å². The molecule has 1 unspecified atom stereocenters. The lowest BCUT2D eigenvalue weighted by Gasteiger charge is -2.27. The second kappa shape index (κ2) is 5.07. The number of halogens is 1. The molecule has 0 saturated carbocycles. The first-order chi connectivity index (χ1) is 7.47. The molecule has 0 aliphatic rings. The summed E-state index contributed by atoms with van der Waals surface area (Å²) in [4.78, 5) is 13.0. The Morgan fingerprint density at radius 2 is 2.19 bits per heavy atom. The first-order valence-corrected chi connectivity index (χ1v) is 5.42. The summed E-state index contributed by atoms with van der Waals surface area (Å²) in [5.74, 6) is -0.371. The number of nitrogens with two attached hydrogens (primary N) is 2. The van der Waals surface area contributed by atoms with E-state index in [-0.39, 0.29) is 11.9 Å². The zero-order chi connectivity index (χ0) is 12.3. The molecule has 1 rings (SSSR count). The van der Waals surface area contributed by atoms with E-state index in [1.807, 2.05) is 6.92 Å². The fourth-order valence-electron chi connectivity index (χ4n) is 1.66. The van der Waals surface area contributed by atoms with Gasteiger partial charge in [-0.1, -0.05) is 18.5 Å². The van der Waals surface area contributed by atoms with Crippen LogP contribution in [0.4, 0.5) is 11.4 Å². The van der Waals surface area contributed by atoms with E-state index in [1.165, 1.54) is 0 Å². The number of nitrogens with zero attached hydrogens (tertiary/aromatic N) is 1. The van der Waals surface area contributed by atoms with E-state index >= 15 is 0 Å². The van der Waals surface area contributed by atoms with Crippen molar-refractivity contribution in [3.05, 3.63) is 23.2 Å². The number of benzene rings is 1. The van der Waals surface area contributed by atoms with E-state index < -0.39 is 0 Å². The molecule has 0 saturated heterocycles. The Hall–Kier alpha value is -1.42. The molecular formula is C11H16ClN3O. The highest BCUT2D eigenvalue weighted by Crippen LogP contribution is 2.27. The summed E-state index contributed by atoms with van der Waals surface area (Å²) in [6.45, 7) is 1.90. The minimum Gasteiger partial charge on any atom is -0.397 e. The number of nitrogen functional groups attached to an aromatic ring is 1. The van der Waals surface area contributed by atoms with Gasteiger partial charge in [-0.25, -0.2) is 0 Å². The highest BCUT2D eigenvalue weighted by molar-refractivity contribution is 6.31. The highest BCUT2D eigenvalue weighted by Gasteiger charge is 2.20. The van der Waals surface area contributed by atoms with Crippen LogP contribution in [-0.4, -0.2) is 19.0 Å². The lowest BCUT2D eigenvalue weighted by molar-refractivity contribution is -0.119. The summed E-state index contributed by atoms with van der Waals surface area (Å²) in [5.41, 5.74) is 12.4. The first-order valence-electron chi connectivity index (χ1n) is 5.04. The molecule has 0 fully saturated rings. The van der Waals surface area contributed by atoms with E-state index in [1.54, 1.807) is 30.1 Å². The normalized spacial score (nSPS) is 12.2. The van der Waals surface area contributed by atoms with E-state index in [0.717, 1.165) is 5.69 Å². The molecule has 4 N–H and O–H groups in total. The second-order valence-electron chi connectivity index (χ2n) is 3.64. The summed E-state index contributed by atoms with van der Waals surface area (Å²) in [5, 5.41) is 0.579. The molecular weight excluding hydrogens is 226 g/mol. The number of likely N-dealkylation sites (N-methyl/N-ethyl adjacent to an activating group) is 1. The summed E-state index contributed by atoms with van der Waals surface area (Å²) >= 11 is 5.89. The van der Waals surface area contributed by atoms with Gasteiger partial charge in [0.1, 0.15) is 6.04 Å². The van der Waals surface area contributed by atoms with Crippen molar-refractivity contribution in [3.8, 4) is 0 Å². The van der Waals surface area contributed by atoms with Gasteiger partial charge in [0.25, 0.3) is 0 Å². The van der Waals surface area contributed by atoms with E-state index in [2.05, 4.69) is 0 Å². The van der Waals surface area contributed by atoms with Gasteiger partial charge in [0, 0.05) is 12.1 Å². The molecule has 0 radical (unpaired) electrons. The zero-order valence-corrected chi connectivity index (χ0v) is 10.2. The average molecular weight is 242 g/mol. The zero-order valence-electron chi connectivity index (χ0n) is 9.40. The van der Waals surface area contributed by atoms with Crippen LogP contribution >= 0.6 is 11.6 Å². The molecule has 1 aromatic carbocycles. The lowest BCUT2D eigenvalue weighted by Crippen LogP contribution is -2.42. The molecule has 0 spiro atoms. The highest BCUT2D eigenvalue weighted by atomic mass is 35.5. The monoisotopic (exact) mass is 241 g/mol. The largest absolute Gasteiger partial charge is 0.397 e. The molecule has 1 atom stereocenters. The smallest absolute Gasteiger partial charge is 0.240 e. The number of carbonyl (C=O) groups is 1. The van der Waals surface area contributed by atoms with E-state index in [0.29, 0.717) is 17.1 Å². The van der Waals surface area contributed by atoms with Gasteiger partial charge in [0.2, 0.25) is 5.91 Å². The van der Waals surface area contributed by atoms with Crippen molar-refractivity contribution in [2.45, 2.75) is 19.4 Å². The van der Waals surface area contributed by atoms with Crippen LogP contribution in [0.25, 0.3) is 0 Å². The van der Waals surface area contributed by atoms with Gasteiger partial charge < -0.3 is 16.4 Å². The molecule has 5 heteroatoms. The van der Waals surface area contributed by atoms with Gasteiger partial charge in [-0.15, -0.1) is 0 Å². The third-order valence-corrected chi connectivity index (χ3v) is 2.79. The van der Waals surface area contributed by atoms with Crippen LogP contribution in [0.1, 0.15) is 13.3 Å². The topological polar surface area (TPSA) is 72.4 Å². The fraction of sp³-hybridized carbons (Fsp3) is 0.364. The maximum Gasteiger partial charge on any atom is 0.240 e. The quantitative estimate of drug-likeness (QED) is 0.787. The van der Waals surface area contributed by atoms with Crippen LogP contribution in [0, 0.1) is 0 Å². The minimum atomic E-state index is -0.374. The number of carbonyl (C=O) groups excluding carboxylic acids is 1. The number of rotatable bonds is 4. The first kappa shape index (κ1) is 12.6. The minimum absolute atomic E-state index is 0.371. The summed E-state index contributed by atoms with van der Waals surface area (Å²) < 4.78 is 0. The molecule has 1 amide bonds. The molecule has 0 aliphatic heterocycles. The van der Waals surface area contributed by atoms with Crippen molar-refractivity contribution in [2.24, 2.45) is 5.73 Å². The van der Waals surface area contributed by atoms with Crippen LogP contribution in [0.5, 0.6) is 0 Å². The van der Waals surface area contributed by atoms with Crippen molar-refractivity contribution in [1.82, 2.24) is 0 Å². The maximum atomic E-state index is 11.2. The van der Waals surface area contributed by atoms with Crippen LogP contribution in [0.3, 0.4) is 0 Å². The number of primary amides is 1. The molecule has 1 aromatic rings. The molecule has 16 heavy (non-hydrogen) atoms. The molecule has 0 bridgehead atoms. The van der Waals surface area contributed by atoms with Gasteiger partial charge in [-0.3, -0.25) is 4.79 Å². The Balaban J connectivity index is 3.07. The van der Waals surface area contributed by atoms with Crippen LogP contribution in [0.15, 0.2) is 18.2 Å². The summed E-state index contributed by atoms with van der Waals surface area (Å²) in [6, 6.07) is 4.77. The van der Waals surface area contributed by atoms with Gasteiger partial charge in [0.05, 0.1) is 11.4 Å². The number of amides is 1. The average Bonchev–Trinajstić information content (AvgIpc) is 2.22. The second-order valence-corrected chi connectivity index (χ2v) is 4.08. The van der Waals surface area contributed by atoms with Crippen LogP contribution in [0.2, 0.25) is 5.02 Å². The van der Waals surface area contributed by atoms with Gasteiger partial charge >= 0.3 is 0 Å². The standard InChI is InChI=1S/C11H16ClN3O/c1-3-9(11(14)16)15(2)10-6-7(12)4-5-8(10)13/h4-6,9H,3,13H2,1-2H3,(H2,14,16). The Bertz CT molecular complexity index is 395. The number of hydrogen-bond acceptors (Lipinski definition) is 3. The maximum absolute atomic E-state index is 11.2. The fourth-order valence-corrected chi connectivity index (χ4v) is 1.82. The van der Waals surface area contributed by atoms with E-state index in [9.17, 15) is 4.79 Å². The molecule has 4 nitrogen and oxygen atoms in total. The Labute approximate surface area is 100 Å². The number of hydrogen-bond donors (Lipinski definition) is 2. The predicted octanol–water partition coefficient (Wildman–Crippen LogP) is 1.62. The molecule has 88 valence electrons. The lowest BCUT2D eigenvalue weighted by atomic mass is 10.1. The van der Waals surface area contributed by atoms with Crippen molar-refractivity contribution in [3.63, 3.8) is 0 Å². The third kappa shape index (κ3) is 2.58. The number of anilines is 2. The van der Waals surface area contributed by atoms with Crippen molar-refractivity contribution < 1.29 is 4.79 Å². The Kier molecular flexibility index (Phi) is 4.01. The predicted molar refractivity (Wildman–Crippen MR) is 67.5 cm³/mol. The third-order valence-electron chi connectivity index (χ3n) is 2.56. The Morgan fingerprint density at radius 3 is 2.69 bits per heavy atom.